The molecule has 0 spiro atoms. The molecule has 1 aliphatic heterocycles. The third-order valence-corrected chi connectivity index (χ3v) is 6.50. The minimum atomic E-state index is -4.46. The van der Waals surface area contributed by atoms with Gasteiger partial charge in [-0.25, -0.2) is 9.78 Å². The number of rotatable bonds is 4. The zero-order valence-electron chi connectivity index (χ0n) is 19.8. The lowest BCUT2D eigenvalue weighted by molar-refractivity contribution is -0.137. The summed E-state index contributed by atoms with van der Waals surface area (Å²) in [5.74, 6) is 0.373. The lowest BCUT2D eigenvalue weighted by Crippen LogP contribution is -2.45. The molecule has 1 aliphatic rings. The Hall–Kier alpha value is -4.34. The van der Waals surface area contributed by atoms with Gasteiger partial charge in [-0.1, -0.05) is 48.0 Å². The molecule has 0 aliphatic carbocycles. The van der Waals surface area contributed by atoms with Gasteiger partial charge in [0.15, 0.2) is 5.58 Å². The van der Waals surface area contributed by atoms with Gasteiger partial charge < -0.3 is 19.9 Å². The number of hydrogen-bond acceptors (Lipinski definition) is 5. The average molecular weight is 509 g/mol. The molecule has 2 amide bonds. The molecule has 7 nitrogen and oxygen atoms in total. The van der Waals surface area contributed by atoms with Crippen molar-refractivity contribution in [2.24, 2.45) is 11.7 Å². The summed E-state index contributed by atoms with van der Waals surface area (Å²) in [5, 5.41) is 5.10. The largest absolute Gasteiger partial charge is 0.439 e. The Morgan fingerprint density at radius 1 is 1.16 bits per heavy atom. The summed E-state index contributed by atoms with van der Waals surface area (Å²) >= 11 is 0. The molecule has 4 aromatic rings. The second-order valence-corrected chi connectivity index (χ2v) is 8.86. The number of nitrogens with zero attached hydrogens (tertiary/aromatic N) is 3. The average Bonchev–Trinajstić information content (AvgIpc) is 3.29. The fraction of sp³-hybridized carbons (Fsp3) is 0.222. The number of carbonyl (C=O) groups excluding carboxylic acids is 1. The molecule has 2 atom stereocenters. The maximum Gasteiger partial charge on any atom is 0.417 e. The molecule has 3 heterocycles. The standard InChI is InChI=1S/C27H23F3N4O3/c1-16-18(11-12-34(26(31)35)25(16)24-21-7-2-3-8-22(21)37-33-24)13-17-5-4-6-20(14-17)36-23-10-9-19(15-32-23)27(28,29)30/h2-10,13-16,25H,11-12H2,1H3,(H2,31,35). The van der Waals surface area contributed by atoms with Gasteiger partial charge in [0.25, 0.3) is 0 Å². The van der Waals surface area contributed by atoms with Crippen molar-refractivity contribution in [1.29, 1.82) is 0 Å². The maximum absolute atomic E-state index is 12.8. The number of urea groups is 1. The van der Waals surface area contributed by atoms with Gasteiger partial charge in [0.1, 0.15) is 11.4 Å². The minimum Gasteiger partial charge on any atom is -0.439 e. The van der Waals surface area contributed by atoms with Crippen LogP contribution in [0.15, 0.2) is 77.0 Å². The van der Waals surface area contributed by atoms with Crippen molar-refractivity contribution < 1.29 is 27.2 Å². The van der Waals surface area contributed by atoms with Gasteiger partial charge in [0, 0.05) is 30.1 Å². The molecule has 2 aromatic heterocycles. The molecule has 0 radical (unpaired) electrons. The maximum atomic E-state index is 12.8. The highest BCUT2D eigenvalue weighted by Gasteiger charge is 2.38. The van der Waals surface area contributed by atoms with Crippen molar-refractivity contribution in [3.05, 3.63) is 89.3 Å². The first-order chi connectivity index (χ1) is 17.7. The summed E-state index contributed by atoms with van der Waals surface area (Å²) in [6, 6.07) is 15.8. The number of carbonyl (C=O) groups is 1. The van der Waals surface area contributed by atoms with Gasteiger partial charge >= 0.3 is 12.2 Å². The van der Waals surface area contributed by atoms with Crippen LogP contribution in [-0.4, -0.2) is 27.6 Å². The van der Waals surface area contributed by atoms with Crippen LogP contribution in [0.2, 0.25) is 0 Å². The lowest BCUT2D eigenvalue weighted by atomic mass is 9.82. The lowest BCUT2D eigenvalue weighted by Gasteiger charge is -2.39. The van der Waals surface area contributed by atoms with E-state index in [1.807, 2.05) is 43.3 Å². The molecule has 2 aromatic carbocycles. The fourth-order valence-electron chi connectivity index (χ4n) is 4.65. The number of ether oxygens (including phenoxy) is 1. The monoisotopic (exact) mass is 508 g/mol. The number of benzene rings is 2. The van der Waals surface area contributed by atoms with Gasteiger partial charge in [-0.05, 0) is 42.3 Å². The zero-order chi connectivity index (χ0) is 26.2. The van der Waals surface area contributed by atoms with Gasteiger partial charge in [-0.15, -0.1) is 0 Å². The van der Waals surface area contributed by atoms with Gasteiger partial charge in [0.2, 0.25) is 5.88 Å². The number of hydrogen-bond donors (Lipinski definition) is 1. The molecule has 10 heteroatoms. The van der Waals surface area contributed by atoms with Crippen LogP contribution in [-0.2, 0) is 6.18 Å². The summed E-state index contributed by atoms with van der Waals surface area (Å²) in [4.78, 5) is 17.7. The highest BCUT2D eigenvalue weighted by molar-refractivity contribution is 5.81. The molecule has 190 valence electrons. The van der Waals surface area contributed by atoms with Crippen molar-refractivity contribution in [2.45, 2.75) is 25.6 Å². The van der Waals surface area contributed by atoms with Crippen LogP contribution in [0.4, 0.5) is 18.0 Å². The van der Waals surface area contributed by atoms with E-state index < -0.39 is 23.8 Å². The minimum absolute atomic E-state index is 0.0545. The van der Waals surface area contributed by atoms with Crippen LogP contribution in [0.25, 0.3) is 17.0 Å². The molecule has 2 N–H and O–H groups in total. The summed E-state index contributed by atoms with van der Waals surface area (Å²) in [7, 11) is 0. The number of nitrogens with two attached hydrogens (primary N) is 1. The van der Waals surface area contributed by atoms with Crippen LogP contribution in [0, 0.1) is 5.92 Å². The van der Waals surface area contributed by atoms with Crippen LogP contribution < -0.4 is 10.5 Å². The van der Waals surface area contributed by atoms with E-state index in [0.717, 1.165) is 28.8 Å². The quantitative estimate of drug-likeness (QED) is 0.336. The van der Waals surface area contributed by atoms with E-state index in [9.17, 15) is 18.0 Å². The topological polar surface area (TPSA) is 94.5 Å². The first-order valence-electron chi connectivity index (χ1n) is 11.6. The number of aromatic nitrogens is 2. The second-order valence-electron chi connectivity index (χ2n) is 8.86. The molecule has 0 saturated carbocycles. The van der Waals surface area contributed by atoms with E-state index in [4.69, 9.17) is 15.0 Å². The summed E-state index contributed by atoms with van der Waals surface area (Å²) in [5.41, 5.74) is 8.08. The van der Waals surface area contributed by atoms with Crippen LogP contribution in [0.1, 0.15) is 36.2 Å². The summed E-state index contributed by atoms with van der Waals surface area (Å²) in [6.45, 7) is 2.44. The van der Waals surface area contributed by atoms with E-state index in [1.54, 1.807) is 23.1 Å². The number of piperidine rings is 1. The fourth-order valence-corrected chi connectivity index (χ4v) is 4.65. The normalized spacial score (nSPS) is 19.4. The first-order valence-corrected chi connectivity index (χ1v) is 11.6. The molecule has 2 unspecified atom stereocenters. The Labute approximate surface area is 210 Å². The zero-order valence-corrected chi connectivity index (χ0v) is 19.8. The van der Waals surface area contributed by atoms with E-state index >= 15 is 0 Å². The van der Waals surface area contributed by atoms with E-state index in [-0.39, 0.29) is 11.8 Å². The highest BCUT2D eigenvalue weighted by Crippen LogP contribution is 2.41. The number of halogens is 3. The van der Waals surface area contributed by atoms with E-state index in [2.05, 4.69) is 10.1 Å². The Bertz CT molecular complexity index is 1460. The number of para-hydroxylation sites is 1. The van der Waals surface area contributed by atoms with Crippen molar-refractivity contribution in [3.8, 4) is 11.6 Å². The second kappa shape index (κ2) is 9.61. The molecular formula is C27H23F3N4O3. The number of pyridine rings is 1. The molecule has 5 rings (SSSR count). The van der Waals surface area contributed by atoms with E-state index in [1.165, 1.54) is 6.07 Å². The molecular weight excluding hydrogens is 485 g/mol. The van der Waals surface area contributed by atoms with Crippen molar-refractivity contribution in [3.63, 3.8) is 0 Å². The number of likely N-dealkylation sites (tertiary alicyclic amines) is 1. The van der Waals surface area contributed by atoms with Crippen LogP contribution in [0.5, 0.6) is 11.6 Å². The van der Waals surface area contributed by atoms with Gasteiger partial charge in [-0.2, -0.15) is 13.2 Å². The third-order valence-electron chi connectivity index (χ3n) is 6.50. The molecule has 1 fully saturated rings. The van der Waals surface area contributed by atoms with Crippen molar-refractivity contribution in [1.82, 2.24) is 15.0 Å². The molecule has 0 bridgehead atoms. The number of amides is 2. The summed E-state index contributed by atoms with van der Waals surface area (Å²) < 4.78 is 49.6. The van der Waals surface area contributed by atoms with Gasteiger partial charge in [-0.3, -0.25) is 0 Å². The third kappa shape index (κ3) is 5.00. The Balaban J connectivity index is 1.41. The SMILES string of the molecule is CC1C(=Cc2cccc(Oc3ccc(C(F)(F)F)cn3)c2)CCN(C(N)=O)C1c1noc2ccccc12. The predicted octanol–water partition coefficient (Wildman–Crippen LogP) is 6.58. The highest BCUT2D eigenvalue weighted by atomic mass is 19.4. The van der Waals surface area contributed by atoms with Crippen LogP contribution in [0.3, 0.4) is 0 Å². The smallest absolute Gasteiger partial charge is 0.417 e. The van der Waals surface area contributed by atoms with Gasteiger partial charge in [0.05, 0.1) is 11.6 Å². The molecule has 1 saturated heterocycles. The van der Waals surface area contributed by atoms with E-state index in [0.29, 0.717) is 30.0 Å². The predicted molar refractivity (Wildman–Crippen MR) is 131 cm³/mol. The molecule has 37 heavy (non-hydrogen) atoms. The Morgan fingerprint density at radius 2 is 1.97 bits per heavy atom. The first kappa shape index (κ1) is 24.4. The Kier molecular flexibility index (Phi) is 6.32. The Morgan fingerprint density at radius 3 is 2.70 bits per heavy atom. The van der Waals surface area contributed by atoms with Crippen molar-refractivity contribution in [2.75, 3.05) is 6.54 Å². The number of primary amides is 1. The number of fused-ring (bicyclic) bond motifs is 1. The van der Waals surface area contributed by atoms with Crippen LogP contribution >= 0.6 is 0 Å². The number of alkyl halides is 3. The van der Waals surface area contributed by atoms with Crippen molar-refractivity contribution >= 4 is 23.1 Å². The summed E-state index contributed by atoms with van der Waals surface area (Å²) in [6.07, 6.45) is -1.09.